The first kappa shape index (κ1) is 20.0. The minimum Gasteiger partial charge on any atom is -0.481 e. The van der Waals surface area contributed by atoms with E-state index >= 15 is 0 Å². The number of anilines is 1. The van der Waals surface area contributed by atoms with Crippen LogP contribution in [0.1, 0.15) is 19.4 Å². The van der Waals surface area contributed by atoms with Crippen molar-refractivity contribution in [3.8, 4) is 0 Å². The average Bonchev–Trinajstić information content (AvgIpc) is 2.46. The molecule has 0 fully saturated rings. The molecule has 2 rings (SSSR count). The number of thioether (sulfide) groups is 1. The summed E-state index contributed by atoms with van der Waals surface area (Å²) in [5.41, 5.74) is 1.44. The molecule has 1 amide bonds. The molecule has 0 unspecified atom stereocenters. The zero-order chi connectivity index (χ0) is 18.8. The Labute approximate surface area is 154 Å². The van der Waals surface area contributed by atoms with Gasteiger partial charge in [0.25, 0.3) is 0 Å². The molecule has 1 aliphatic heterocycles. The Bertz CT molecular complexity index is 670. The van der Waals surface area contributed by atoms with Crippen LogP contribution in [-0.4, -0.2) is 43.1 Å². The number of carboxylic acid groups (broad SMARTS) is 1. The molecule has 0 aromatic heterocycles. The minimum absolute atomic E-state index is 0.00882. The van der Waals surface area contributed by atoms with Crippen LogP contribution in [0.25, 0.3) is 0 Å². The summed E-state index contributed by atoms with van der Waals surface area (Å²) in [6.45, 7) is 11.5. The molecule has 5 nitrogen and oxygen atoms in total. The largest absolute Gasteiger partial charge is 0.481 e. The summed E-state index contributed by atoms with van der Waals surface area (Å²) in [7, 11) is -1.19. The highest BCUT2D eigenvalue weighted by Crippen LogP contribution is 2.45. The molecule has 0 bridgehead atoms. The van der Waals surface area contributed by atoms with Crippen molar-refractivity contribution >= 4 is 37.4 Å². The summed E-state index contributed by atoms with van der Waals surface area (Å²) in [4.78, 5) is 26.5. The van der Waals surface area contributed by atoms with Gasteiger partial charge in [-0.3, -0.25) is 14.5 Å². The van der Waals surface area contributed by atoms with Gasteiger partial charge in [-0.1, -0.05) is 25.7 Å². The van der Waals surface area contributed by atoms with E-state index in [4.69, 9.17) is 9.84 Å². The lowest BCUT2D eigenvalue weighted by atomic mass is 10.1. The molecule has 7 heteroatoms. The first-order valence-electron chi connectivity index (χ1n) is 8.43. The second kappa shape index (κ2) is 7.51. The molecule has 1 N–H and O–H groups in total. The zero-order valence-corrected chi connectivity index (χ0v) is 17.4. The van der Waals surface area contributed by atoms with Crippen molar-refractivity contribution in [2.75, 3.05) is 18.2 Å². The van der Waals surface area contributed by atoms with E-state index in [0.717, 1.165) is 16.6 Å². The van der Waals surface area contributed by atoms with Crippen LogP contribution >= 0.6 is 11.8 Å². The van der Waals surface area contributed by atoms with Gasteiger partial charge in [-0.05, 0) is 37.6 Å². The second-order valence-corrected chi connectivity index (χ2v) is 15.4. The molecule has 0 saturated heterocycles. The molecule has 0 aliphatic carbocycles. The van der Waals surface area contributed by atoms with Crippen molar-refractivity contribution in [2.24, 2.45) is 0 Å². The number of carbonyl (C=O) groups is 2. The van der Waals surface area contributed by atoms with Gasteiger partial charge in [0.1, 0.15) is 6.73 Å². The summed E-state index contributed by atoms with van der Waals surface area (Å²) in [5.74, 6) is -0.890. The van der Waals surface area contributed by atoms with Crippen molar-refractivity contribution in [3.63, 3.8) is 0 Å². The number of benzene rings is 1. The SMILES string of the molecule is CC1(C)Sc2ccc(CC(=O)O)cc2N(COCC[Si](C)(C)C)C1=O. The Hall–Kier alpha value is -1.31. The Balaban J connectivity index is 2.21. The number of ether oxygens (including phenoxy) is 1. The number of hydrogen-bond acceptors (Lipinski definition) is 4. The number of rotatable bonds is 7. The van der Waals surface area contributed by atoms with E-state index in [0.29, 0.717) is 12.2 Å². The molecule has 138 valence electrons. The van der Waals surface area contributed by atoms with Crippen LogP contribution in [0.15, 0.2) is 23.1 Å². The number of carboxylic acids is 1. The van der Waals surface area contributed by atoms with Crippen LogP contribution in [0.5, 0.6) is 0 Å². The molecule has 1 heterocycles. The molecule has 0 saturated carbocycles. The lowest BCUT2D eigenvalue weighted by Gasteiger charge is -2.38. The number of nitrogens with zero attached hydrogens (tertiary/aromatic N) is 1. The molecule has 1 aliphatic rings. The van der Waals surface area contributed by atoms with Crippen LogP contribution in [0.3, 0.4) is 0 Å². The summed E-state index contributed by atoms with van der Waals surface area (Å²) in [6, 6.07) is 6.56. The molecule has 1 aromatic rings. The monoisotopic (exact) mass is 381 g/mol. The molecule has 0 radical (unpaired) electrons. The van der Waals surface area contributed by atoms with Crippen LogP contribution in [0, 0.1) is 0 Å². The fourth-order valence-corrected chi connectivity index (χ4v) is 4.47. The van der Waals surface area contributed by atoms with Crippen LogP contribution in [-0.2, 0) is 20.7 Å². The van der Waals surface area contributed by atoms with Crippen molar-refractivity contribution in [2.45, 2.75) is 55.6 Å². The van der Waals surface area contributed by atoms with Gasteiger partial charge in [0.15, 0.2) is 0 Å². The quantitative estimate of drug-likeness (QED) is 0.574. The number of hydrogen-bond donors (Lipinski definition) is 1. The van der Waals surface area contributed by atoms with Crippen molar-refractivity contribution < 1.29 is 19.4 Å². The van der Waals surface area contributed by atoms with Gasteiger partial charge < -0.3 is 9.84 Å². The van der Waals surface area contributed by atoms with Crippen molar-refractivity contribution in [3.05, 3.63) is 23.8 Å². The Morgan fingerprint density at radius 1 is 1.32 bits per heavy atom. The van der Waals surface area contributed by atoms with Crippen molar-refractivity contribution in [1.82, 2.24) is 0 Å². The highest BCUT2D eigenvalue weighted by Gasteiger charge is 2.40. The fourth-order valence-electron chi connectivity index (χ4n) is 2.56. The third kappa shape index (κ3) is 5.33. The smallest absolute Gasteiger partial charge is 0.307 e. The van der Waals surface area contributed by atoms with E-state index in [-0.39, 0.29) is 19.1 Å². The molecular weight excluding hydrogens is 354 g/mol. The van der Waals surface area contributed by atoms with Gasteiger partial charge in [0.2, 0.25) is 5.91 Å². The third-order valence-electron chi connectivity index (χ3n) is 4.01. The van der Waals surface area contributed by atoms with Crippen molar-refractivity contribution in [1.29, 1.82) is 0 Å². The Morgan fingerprint density at radius 2 is 2.00 bits per heavy atom. The molecule has 0 spiro atoms. The van der Waals surface area contributed by atoms with Gasteiger partial charge in [-0.15, -0.1) is 11.8 Å². The first-order valence-corrected chi connectivity index (χ1v) is 13.0. The van der Waals surface area contributed by atoms with Gasteiger partial charge in [0.05, 0.1) is 16.9 Å². The van der Waals surface area contributed by atoms with Crippen LogP contribution in [0.2, 0.25) is 25.7 Å². The van der Waals surface area contributed by atoms with Gasteiger partial charge in [0, 0.05) is 19.6 Å². The van der Waals surface area contributed by atoms with E-state index in [9.17, 15) is 9.59 Å². The maximum absolute atomic E-state index is 12.9. The predicted molar refractivity (Wildman–Crippen MR) is 104 cm³/mol. The maximum atomic E-state index is 12.9. The number of carbonyl (C=O) groups excluding carboxylic acids is 1. The molecule has 0 atom stereocenters. The van der Waals surface area contributed by atoms with E-state index in [1.807, 2.05) is 26.0 Å². The number of aliphatic carboxylic acids is 1. The highest BCUT2D eigenvalue weighted by atomic mass is 32.2. The number of fused-ring (bicyclic) bond motifs is 1. The highest BCUT2D eigenvalue weighted by molar-refractivity contribution is 8.01. The van der Waals surface area contributed by atoms with E-state index < -0.39 is 18.8 Å². The van der Waals surface area contributed by atoms with Gasteiger partial charge in [-0.2, -0.15) is 0 Å². The van der Waals surface area contributed by atoms with Gasteiger partial charge in [-0.25, -0.2) is 0 Å². The zero-order valence-electron chi connectivity index (χ0n) is 15.6. The molecule has 25 heavy (non-hydrogen) atoms. The first-order chi connectivity index (χ1) is 11.5. The van der Waals surface area contributed by atoms with E-state index in [1.165, 1.54) is 11.8 Å². The molecular formula is C18H27NO4SSi. The molecule has 1 aromatic carbocycles. The Kier molecular flexibility index (Phi) is 6.01. The van der Waals surface area contributed by atoms with E-state index in [2.05, 4.69) is 19.6 Å². The summed E-state index contributed by atoms with van der Waals surface area (Å²) in [5, 5.41) is 9.01. The van der Waals surface area contributed by atoms with Crippen LogP contribution in [0.4, 0.5) is 5.69 Å². The standard InChI is InChI=1S/C18H27NO4SSi/c1-18(2)17(22)19(12-23-8-9-25(3,4)5)14-10-13(11-16(20)21)6-7-15(14)24-18/h6-7,10H,8-9,11-12H2,1-5H3,(H,20,21). The van der Waals surface area contributed by atoms with E-state index in [1.54, 1.807) is 11.0 Å². The average molecular weight is 382 g/mol. The lowest BCUT2D eigenvalue weighted by Crippen LogP contribution is -2.47. The normalized spacial score (nSPS) is 16.7. The van der Waals surface area contributed by atoms with Gasteiger partial charge >= 0.3 is 5.97 Å². The van der Waals surface area contributed by atoms with Crippen LogP contribution < -0.4 is 4.90 Å². The summed E-state index contributed by atoms with van der Waals surface area (Å²) in [6.07, 6.45) is -0.0557. The summed E-state index contributed by atoms with van der Waals surface area (Å²) >= 11 is 1.51. The second-order valence-electron chi connectivity index (χ2n) is 8.07. The predicted octanol–water partition coefficient (Wildman–Crippen LogP) is 3.84. The summed E-state index contributed by atoms with van der Waals surface area (Å²) < 4.78 is 5.24. The fraction of sp³-hybridized carbons (Fsp3) is 0.556. The lowest BCUT2D eigenvalue weighted by molar-refractivity contribution is -0.136. The number of amides is 1. The topological polar surface area (TPSA) is 66.8 Å². The minimum atomic E-state index is -1.19. The third-order valence-corrected chi connectivity index (χ3v) is 6.97. The Morgan fingerprint density at radius 3 is 2.60 bits per heavy atom. The maximum Gasteiger partial charge on any atom is 0.307 e.